The Morgan fingerprint density at radius 3 is 2.55 bits per heavy atom. The summed E-state index contributed by atoms with van der Waals surface area (Å²) in [6.07, 6.45) is 0. The second-order valence-corrected chi connectivity index (χ2v) is 3.42. The van der Waals surface area contributed by atoms with Crippen LogP contribution in [0.25, 0.3) is 0 Å². The molecule has 0 aliphatic heterocycles. The molecule has 2 nitrogen and oxygen atoms in total. The van der Waals surface area contributed by atoms with Gasteiger partial charge in [-0.1, -0.05) is 6.92 Å². The van der Waals surface area contributed by atoms with E-state index in [1.807, 2.05) is 6.92 Å². The summed E-state index contributed by atoms with van der Waals surface area (Å²) in [5.41, 5.74) is 0. The summed E-state index contributed by atoms with van der Waals surface area (Å²) in [4.78, 5) is 0.975. The van der Waals surface area contributed by atoms with Crippen molar-refractivity contribution < 1.29 is 10.2 Å². The van der Waals surface area contributed by atoms with Crippen LogP contribution in [0, 0.1) is 0 Å². The van der Waals surface area contributed by atoms with Gasteiger partial charge in [-0.2, -0.15) is 0 Å². The highest BCUT2D eigenvalue weighted by Crippen LogP contribution is 2.29. The van der Waals surface area contributed by atoms with E-state index >= 15 is 0 Å². The van der Waals surface area contributed by atoms with Gasteiger partial charge in [0.05, 0.1) is 0 Å². The number of aromatic hydroxyl groups is 2. The van der Waals surface area contributed by atoms with Crippen LogP contribution in [-0.2, 0) is 0 Å². The van der Waals surface area contributed by atoms with Crippen LogP contribution in [-0.4, -0.2) is 16.0 Å². The predicted octanol–water partition coefficient (Wildman–Crippen LogP) is 2.21. The first-order chi connectivity index (χ1) is 5.24. The van der Waals surface area contributed by atoms with Crippen molar-refractivity contribution in [2.24, 2.45) is 0 Å². The molecule has 0 aliphatic carbocycles. The lowest BCUT2D eigenvalue weighted by molar-refractivity contribution is 0.402. The highest BCUT2D eigenvalue weighted by Gasteiger charge is 1.98. The first kappa shape index (κ1) is 8.27. The van der Waals surface area contributed by atoms with E-state index in [4.69, 9.17) is 10.2 Å². The minimum Gasteiger partial charge on any atom is -0.504 e. The molecule has 0 saturated carbocycles. The van der Waals surface area contributed by atoms with Crippen LogP contribution < -0.4 is 0 Å². The van der Waals surface area contributed by atoms with Gasteiger partial charge in [-0.25, -0.2) is 0 Å². The summed E-state index contributed by atoms with van der Waals surface area (Å²) < 4.78 is 0. The molecule has 60 valence electrons. The highest BCUT2D eigenvalue weighted by molar-refractivity contribution is 7.99. The van der Waals surface area contributed by atoms with Crippen molar-refractivity contribution in [3.8, 4) is 11.5 Å². The minimum atomic E-state index is -0.0644. The zero-order chi connectivity index (χ0) is 8.27. The van der Waals surface area contributed by atoms with Crippen LogP contribution >= 0.6 is 11.8 Å². The van der Waals surface area contributed by atoms with Gasteiger partial charge < -0.3 is 10.2 Å². The molecule has 0 aliphatic rings. The summed E-state index contributed by atoms with van der Waals surface area (Å²) in [5, 5.41) is 18.0. The van der Waals surface area contributed by atoms with Crippen LogP contribution in [0.2, 0.25) is 0 Å². The lowest BCUT2D eigenvalue weighted by Gasteiger charge is -2.00. The summed E-state index contributed by atoms with van der Waals surface area (Å²) in [7, 11) is 0. The van der Waals surface area contributed by atoms with E-state index in [1.165, 1.54) is 6.07 Å². The van der Waals surface area contributed by atoms with Crippen LogP contribution in [0.4, 0.5) is 0 Å². The van der Waals surface area contributed by atoms with Gasteiger partial charge in [0.2, 0.25) is 0 Å². The third-order valence-electron chi connectivity index (χ3n) is 1.26. The number of phenols is 2. The standard InChI is InChI=1S/C8H10O2S/c1-2-11-6-3-4-7(9)8(10)5-6/h3-5,9-10H,2H2,1H3. The molecular formula is C8H10O2S. The number of hydrogen-bond donors (Lipinski definition) is 2. The van der Waals surface area contributed by atoms with E-state index in [0.717, 1.165) is 10.6 Å². The average molecular weight is 170 g/mol. The van der Waals surface area contributed by atoms with Crippen LogP contribution in [0.5, 0.6) is 11.5 Å². The second-order valence-electron chi connectivity index (χ2n) is 2.08. The summed E-state index contributed by atoms with van der Waals surface area (Å²) in [6, 6.07) is 4.83. The van der Waals surface area contributed by atoms with Crippen molar-refractivity contribution in [1.29, 1.82) is 0 Å². The predicted molar refractivity (Wildman–Crippen MR) is 46.2 cm³/mol. The fourth-order valence-electron chi connectivity index (χ4n) is 0.760. The van der Waals surface area contributed by atoms with Gasteiger partial charge in [-0.15, -0.1) is 11.8 Å². The number of rotatable bonds is 2. The van der Waals surface area contributed by atoms with Crippen molar-refractivity contribution in [3.05, 3.63) is 18.2 Å². The third kappa shape index (κ3) is 2.05. The first-order valence-corrected chi connectivity index (χ1v) is 4.37. The molecule has 0 fully saturated rings. The van der Waals surface area contributed by atoms with E-state index < -0.39 is 0 Å². The number of phenolic OH excluding ortho intramolecular Hbond substituents is 2. The van der Waals surface area contributed by atoms with Gasteiger partial charge in [0.1, 0.15) is 0 Å². The Bertz CT molecular complexity index is 248. The Hall–Kier alpha value is -0.830. The zero-order valence-electron chi connectivity index (χ0n) is 6.24. The molecule has 2 N–H and O–H groups in total. The van der Waals surface area contributed by atoms with Gasteiger partial charge in [0, 0.05) is 4.90 Å². The molecule has 0 saturated heterocycles. The van der Waals surface area contributed by atoms with Gasteiger partial charge >= 0.3 is 0 Å². The van der Waals surface area contributed by atoms with E-state index in [1.54, 1.807) is 23.9 Å². The number of thioether (sulfide) groups is 1. The minimum absolute atomic E-state index is 0.0524. The van der Waals surface area contributed by atoms with Crippen LogP contribution in [0.1, 0.15) is 6.92 Å². The van der Waals surface area contributed by atoms with Crippen LogP contribution in [0.3, 0.4) is 0 Å². The molecule has 0 amide bonds. The van der Waals surface area contributed by atoms with Gasteiger partial charge in [0.15, 0.2) is 11.5 Å². The van der Waals surface area contributed by atoms with Gasteiger partial charge in [-0.05, 0) is 24.0 Å². The molecule has 11 heavy (non-hydrogen) atoms. The van der Waals surface area contributed by atoms with E-state index in [9.17, 15) is 0 Å². The summed E-state index contributed by atoms with van der Waals surface area (Å²) in [5.74, 6) is 0.846. The van der Waals surface area contributed by atoms with E-state index in [0.29, 0.717) is 0 Å². The molecule has 0 radical (unpaired) electrons. The average Bonchev–Trinajstić information content (AvgIpc) is 1.98. The van der Waals surface area contributed by atoms with Crippen LogP contribution in [0.15, 0.2) is 23.1 Å². The Balaban J connectivity index is 2.86. The molecule has 0 spiro atoms. The Morgan fingerprint density at radius 1 is 1.27 bits per heavy atom. The zero-order valence-corrected chi connectivity index (χ0v) is 7.06. The molecule has 1 aromatic rings. The maximum absolute atomic E-state index is 9.06. The molecule has 0 atom stereocenters. The summed E-state index contributed by atoms with van der Waals surface area (Å²) in [6.45, 7) is 2.04. The molecule has 0 aromatic heterocycles. The van der Waals surface area contributed by atoms with Crippen molar-refractivity contribution in [1.82, 2.24) is 0 Å². The molecule has 3 heteroatoms. The van der Waals surface area contributed by atoms with Crippen molar-refractivity contribution in [2.45, 2.75) is 11.8 Å². The van der Waals surface area contributed by atoms with Gasteiger partial charge in [0.25, 0.3) is 0 Å². The Morgan fingerprint density at radius 2 is 2.00 bits per heavy atom. The van der Waals surface area contributed by atoms with Crippen molar-refractivity contribution in [2.75, 3.05) is 5.75 Å². The molecule has 0 heterocycles. The molecule has 0 unspecified atom stereocenters. The molecule has 0 bridgehead atoms. The quantitative estimate of drug-likeness (QED) is 0.528. The van der Waals surface area contributed by atoms with Crippen molar-refractivity contribution >= 4 is 11.8 Å². The fourth-order valence-corrected chi connectivity index (χ4v) is 1.45. The molecule has 1 aromatic carbocycles. The van der Waals surface area contributed by atoms with E-state index in [2.05, 4.69) is 0 Å². The fraction of sp³-hybridized carbons (Fsp3) is 0.250. The SMILES string of the molecule is CCSc1ccc(O)c(O)c1. The Kier molecular flexibility index (Phi) is 2.65. The van der Waals surface area contributed by atoms with Gasteiger partial charge in [-0.3, -0.25) is 0 Å². The largest absolute Gasteiger partial charge is 0.504 e. The Labute approximate surface area is 69.9 Å². The monoisotopic (exact) mass is 170 g/mol. The summed E-state index contributed by atoms with van der Waals surface area (Å²) >= 11 is 1.63. The number of hydrogen-bond acceptors (Lipinski definition) is 3. The smallest absolute Gasteiger partial charge is 0.158 e. The normalized spacial score (nSPS) is 9.91. The third-order valence-corrected chi connectivity index (χ3v) is 2.13. The number of benzene rings is 1. The molecular weight excluding hydrogens is 160 g/mol. The maximum Gasteiger partial charge on any atom is 0.158 e. The lowest BCUT2D eigenvalue weighted by Crippen LogP contribution is -1.73. The lowest BCUT2D eigenvalue weighted by atomic mass is 10.3. The first-order valence-electron chi connectivity index (χ1n) is 3.39. The maximum atomic E-state index is 9.06. The topological polar surface area (TPSA) is 40.5 Å². The van der Waals surface area contributed by atoms with Crippen molar-refractivity contribution in [3.63, 3.8) is 0 Å². The second kappa shape index (κ2) is 3.53. The highest BCUT2D eigenvalue weighted by atomic mass is 32.2. The van der Waals surface area contributed by atoms with E-state index in [-0.39, 0.29) is 11.5 Å². The molecule has 1 rings (SSSR count).